The number of anilines is 1. The quantitative estimate of drug-likeness (QED) is 0.760. The van der Waals surface area contributed by atoms with Gasteiger partial charge in [-0.05, 0) is 27.6 Å². The van der Waals surface area contributed by atoms with E-state index >= 15 is 0 Å². The van der Waals surface area contributed by atoms with Crippen molar-refractivity contribution in [1.29, 1.82) is 0 Å². The smallest absolute Gasteiger partial charge is 0.177 e. The lowest BCUT2D eigenvalue weighted by molar-refractivity contribution is 0.436. The molecule has 0 aliphatic carbocycles. The molecule has 2 heterocycles. The molecule has 90 valence electrons. The first kappa shape index (κ1) is 11.5. The van der Waals surface area contributed by atoms with Crippen molar-refractivity contribution in [3.63, 3.8) is 0 Å². The van der Waals surface area contributed by atoms with Gasteiger partial charge >= 0.3 is 0 Å². The Morgan fingerprint density at radius 2 is 1.94 bits per heavy atom. The Morgan fingerprint density at radius 1 is 1.17 bits per heavy atom. The first-order valence-corrected chi connectivity index (χ1v) is 6.98. The second-order valence-electron chi connectivity index (χ2n) is 3.78. The van der Waals surface area contributed by atoms with Crippen LogP contribution in [0.3, 0.4) is 0 Å². The number of rotatable bonds is 2. The van der Waals surface area contributed by atoms with E-state index in [0.29, 0.717) is 11.6 Å². The van der Waals surface area contributed by atoms with Gasteiger partial charge in [-0.3, -0.25) is 0 Å². The van der Waals surface area contributed by atoms with Crippen molar-refractivity contribution in [1.82, 2.24) is 5.16 Å². The first-order chi connectivity index (χ1) is 8.75. The first-order valence-electron chi connectivity index (χ1n) is 5.30. The molecule has 0 atom stereocenters. The number of aromatic nitrogens is 1. The molecule has 5 heteroatoms. The highest BCUT2D eigenvalue weighted by Gasteiger charge is 2.18. The van der Waals surface area contributed by atoms with Gasteiger partial charge in [-0.15, -0.1) is 11.3 Å². The molecule has 2 N–H and O–H groups in total. The summed E-state index contributed by atoms with van der Waals surface area (Å²) in [5, 5.41) is 5.88. The summed E-state index contributed by atoms with van der Waals surface area (Å²) in [6.07, 6.45) is 0. The van der Waals surface area contributed by atoms with E-state index in [-0.39, 0.29) is 0 Å². The zero-order valence-electron chi connectivity index (χ0n) is 9.26. The largest absolute Gasteiger partial charge is 0.380 e. The number of nitrogens with two attached hydrogens (primary N) is 1. The second-order valence-corrected chi connectivity index (χ2v) is 6.07. The Kier molecular flexibility index (Phi) is 2.93. The van der Waals surface area contributed by atoms with E-state index < -0.39 is 0 Å². The van der Waals surface area contributed by atoms with Gasteiger partial charge in [0.1, 0.15) is 0 Å². The second kappa shape index (κ2) is 4.59. The van der Waals surface area contributed by atoms with Crippen LogP contribution in [0, 0.1) is 0 Å². The zero-order valence-corrected chi connectivity index (χ0v) is 11.7. The summed E-state index contributed by atoms with van der Waals surface area (Å²) in [5.41, 5.74) is 8.74. The van der Waals surface area contributed by atoms with Crippen LogP contribution >= 0.6 is 27.3 Å². The molecule has 3 rings (SSSR count). The highest BCUT2D eigenvalue weighted by molar-refractivity contribution is 9.11. The third-order valence-corrected chi connectivity index (χ3v) is 4.12. The molecule has 0 aliphatic heterocycles. The molecule has 0 aliphatic rings. The van der Waals surface area contributed by atoms with Gasteiger partial charge in [0.25, 0.3) is 0 Å². The van der Waals surface area contributed by atoms with Gasteiger partial charge in [0.15, 0.2) is 11.6 Å². The third-order valence-electron chi connectivity index (χ3n) is 2.61. The van der Waals surface area contributed by atoms with E-state index in [1.165, 1.54) is 0 Å². The predicted molar refractivity (Wildman–Crippen MR) is 77.4 cm³/mol. The summed E-state index contributed by atoms with van der Waals surface area (Å²) in [7, 11) is 0. The molecule has 3 aromatic rings. The molecule has 0 radical (unpaired) electrons. The zero-order chi connectivity index (χ0) is 12.5. The van der Waals surface area contributed by atoms with E-state index in [2.05, 4.69) is 21.1 Å². The number of hydrogen-bond donors (Lipinski definition) is 1. The highest BCUT2D eigenvalue weighted by Crippen LogP contribution is 2.38. The fourth-order valence-corrected chi connectivity index (χ4v) is 2.95. The van der Waals surface area contributed by atoms with E-state index in [1.807, 2.05) is 41.8 Å². The average Bonchev–Trinajstić information content (AvgIpc) is 2.96. The minimum Gasteiger partial charge on any atom is -0.380 e. The van der Waals surface area contributed by atoms with Gasteiger partial charge in [-0.1, -0.05) is 35.5 Å². The number of hydrogen-bond acceptors (Lipinski definition) is 4. The van der Waals surface area contributed by atoms with Crippen LogP contribution in [-0.4, -0.2) is 5.16 Å². The van der Waals surface area contributed by atoms with Crippen LogP contribution in [0.1, 0.15) is 0 Å². The van der Waals surface area contributed by atoms with Gasteiger partial charge in [0, 0.05) is 10.9 Å². The fraction of sp³-hybridized carbons (Fsp3) is 0. The molecule has 0 unspecified atom stereocenters. The Balaban J connectivity index is 2.18. The van der Waals surface area contributed by atoms with Crippen molar-refractivity contribution in [2.24, 2.45) is 0 Å². The summed E-state index contributed by atoms with van der Waals surface area (Å²) >= 11 is 5.04. The van der Waals surface area contributed by atoms with Gasteiger partial charge in [0.05, 0.1) is 9.35 Å². The normalized spacial score (nSPS) is 10.7. The maximum absolute atomic E-state index is 5.90. The number of benzene rings is 1. The van der Waals surface area contributed by atoms with Gasteiger partial charge < -0.3 is 10.3 Å². The van der Waals surface area contributed by atoms with Crippen molar-refractivity contribution >= 4 is 33.1 Å². The van der Waals surface area contributed by atoms with Crippen LogP contribution < -0.4 is 5.73 Å². The monoisotopic (exact) mass is 320 g/mol. The summed E-state index contributed by atoms with van der Waals surface area (Å²) in [5.74, 6) is 1.12. The average molecular weight is 321 g/mol. The van der Waals surface area contributed by atoms with E-state index in [0.717, 1.165) is 20.5 Å². The van der Waals surface area contributed by atoms with E-state index in [4.69, 9.17) is 10.3 Å². The summed E-state index contributed by atoms with van der Waals surface area (Å²) in [6, 6.07) is 11.9. The Labute approximate surface area is 116 Å². The highest BCUT2D eigenvalue weighted by atomic mass is 79.9. The van der Waals surface area contributed by atoms with Crippen LogP contribution in [0.2, 0.25) is 0 Å². The predicted octanol–water partition coefficient (Wildman–Crippen LogP) is 4.41. The molecule has 0 bridgehead atoms. The summed E-state index contributed by atoms with van der Waals surface area (Å²) < 4.78 is 6.41. The Bertz CT molecular complexity index is 675. The van der Waals surface area contributed by atoms with Gasteiger partial charge in [-0.25, -0.2) is 0 Å². The molecule has 3 nitrogen and oxygen atoms in total. The summed E-state index contributed by atoms with van der Waals surface area (Å²) in [4.78, 5) is 0. The van der Waals surface area contributed by atoms with Gasteiger partial charge in [-0.2, -0.15) is 0 Å². The lowest BCUT2D eigenvalue weighted by Crippen LogP contribution is -1.88. The molecule has 0 spiro atoms. The van der Waals surface area contributed by atoms with Crippen molar-refractivity contribution in [3.8, 4) is 22.5 Å². The van der Waals surface area contributed by atoms with Crippen LogP contribution in [0.15, 0.2) is 50.1 Å². The molecule has 0 amide bonds. The standard InChI is InChI=1S/C13H9BrN2OS/c14-10-6-9(7-18-10)12-11(13(15)16-17-12)8-4-2-1-3-5-8/h1-7H,(H2,15,16). The molecular weight excluding hydrogens is 312 g/mol. The van der Waals surface area contributed by atoms with E-state index in [9.17, 15) is 0 Å². The number of thiophene rings is 1. The van der Waals surface area contributed by atoms with Crippen molar-refractivity contribution in [2.45, 2.75) is 0 Å². The molecule has 2 aromatic heterocycles. The molecule has 0 saturated carbocycles. The lowest BCUT2D eigenvalue weighted by atomic mass is 10.0. The van der Waals surface area contributed by atoms with E-state index in [1.54, 1.807) is 11.3 Å². The maximum Gasteiger partial charge on any atom is 0.177 e. The van der Waals surface area contributed by atoms with Crippen LogP contribution in [0.5, 0.6) is 0 Å². The molecular formula is C13H9BrN2OS. The SMILES string of the molecule is Nc1noc(-c2csc(Br)c2)c1-c1ccccc1. The molecule has 0 fully saturated rings. The van der Waals surface area contributed by atoms with Crippen molar-refractivity contribution in [3.05, 3.63) is 45.6 Å². The number of nitrogen functional groups attached to an aromatic ring is 1. The fourth-order valence-electron chi connectivity index (χ4n) is 1.81. The van der Waals surface area contributed by atoms with Crippen molar-refractivity contribution < 1.29 is 4.52 Å². The number of nitrogens with zero attached hydrogens (tertiary/aromatic N) is 1. The third kappa shape index (κ3) is 1.95. The van der Waals surface area contributed by atoms with Crippen LogP contribution in [0.4, 0.5) is 5.82 Å². The summed E-state index contributed by atoms with van der Waals surface area (Å²) in [6.45, 7) is 0. The Morgan fingerprint density at radius 3 is 2.61 bits per heavy atom. The number of halogens is 1. The minimum absolute atomic E-state index is 0.415. The maximum atomic E-state index is 5.90. The van der Waals surface area contributed by atoms with Crippen molar-refractivity contribution in [2.75, 3.05) is 5.73 Å². The molecule has 18 heavy (non-hydrogen) atoms. The molecule has 1 aromatic carbocycles. The Hall–Kier alpha value is -1.59. The van der Waals surface area contributed by atoms with Crippen LogP contribution in [0.25, 0.3) is 22.5 Å². The lowest BCUT2D eigenvalue weighted by Gasteiger charge is -2.00. The minimum atomic E-state index is 0.415. The van der Waals surface area contributed by atoms with Crippen LogP contribution in [-0.2, 0) is 0 Å². The van der Waals surface area contributed by atoms with Gasteiger partial charge in [0.2, 0.25) is 0 Å². The topological polar surface area (TPSA) is 52.0 Å². The molecule has 0 saturated heterocycles.